The van der Waals surface area contributed by atoms with E-state index in [-0.39, 0.29) is 0 Å². The molecular formula is C15H17Cl2N4OP3S2. The first kappa shape index (κ1) is 20.6. The van der Waals surface area contributed by atoms with Crippen LogP contribution < -0.4 is 5.09 Å². The van der Waals surface area contributed by atoms with Gasteiger partial charge in [-0.1, -0.05) is 36.4 Å². The number of nitrogens with zero attached hydrogens (tertiary/aromatic N) is 3. The minimum Gasteiger partial charge on any atom is -0.316 e. The average molecular weight is 497 g/mol. The second-order valence-electron chi connectivity index (χ2n) is 5.66. The van der Waals surface area contributed by atoms with Crippen LogP contribution in [-0.2, 0) is 4.52 Å². The van der Waals surface area contributed by atoms with E-state index in [2.05, 4.69) is 33.9 Å². The molecule has 12 heteroatoms. The highest BCUT2D eigenvalue weighted by Crippen LogP contribution is 2.90. The van der Waals surface area contributed by atoms with Crippen molar-refractivity contribution in [2.75, 3.05) is 13.2 Å². The van der Waals surface area contributed by atoms with Crippen LogP contribution >= 0.6 is 64.3 Å². The van der Waals surface area contributed by atoms with E-state index in [0.717, 1.165) is 22.8 Å². The topological polar surface area (TPSA) is 58.3 Å². The average Bonchev–Trinajstić information content (AvgIpc) is 2.62. The Bertz CT molecular complexity index is 930. The lowest BCUT2D eigenvalue weighted by Gasteiger charge is -2.33. The van der Waals surface area contributed by atoms with E-state index < -0.39 is 19.1 Å². The number of hydrogen-bond acceptors (Lipinski definition) is 7. The Balaban J connectivity index is 1.86. The Morgan fingerprint density at radius 3 is 1.96 bits per heavy atom. The van der Waals surface area contributed by atoms with Gasteiger partial charge in [0, 0.05) is 16.3 Å². The van der Waals surface area contributed by atoms with Gasteiger partial charge in [0.05, 0.1) is 6.61 Å². The van der Waals surface area contributed by atoms with E-state index in [0.29, 0.717) is 6.61 Å². The molecule has 2 aliphatic heterocycles. The van der Waals surface area contributed by atoms with Gasteiger partial charge in [0.1, 0.15) is 0 Å². The van der Waals surface area contributed by atoms with E-state index in [1.54, 1.807) is 22.8 Å². The monoisotopic (exact) mass is 496 g/mol. The van der Waals surface area contributed by atoms with E-state index in [1.807, 2.05) is 36.4 Å². The number of rotatable bonds is 4. The second kappa shape index (κ2) is 8.60. The summed E-state index contributed by atoms with van der Waals surface area (Å²) in [5.41, 5.74) is -2.45. The molecule has 5 nitrogen and oxygen atoms in total. The Labute approximate surface area is 176 Å². The summed E-state index contributed by atoms with van der Waals surface area (Å²) >= 11 is 16.5. The van der Waals surface area contributed by atoms with Crippen LogP contribution in [0.4, 0.5) is 0 Å². The molecule has 2 heterocycles. The molecule has 1 saturated heterocycles. The summed E-state index contributed by atoms with van der Waals surface area (Å²) in [6.07, 6.45) is 0.920. The second-order valence-corrected chi connectivity index (χ2v) is 20.9. The van der Waals surface area contributed by atoms with Gasteiger partial charge in [0.2, 0.25) is 5.61 Å². The van der Waals surface area contributed by atoms with Crippen molar-refractivity contribution in [3.05, 3.63) is 60.7 Å². The van der Waals surface area contributed by atoms with Gasteiger partial charge >= 0.3 is 0 Å². The number of hydrogen-bond donors (Lipinski definition) is 1. The maximum Gasteiger partial charge on any atom is 0.278 e. The predicted octanol–water partition coefficient (Wildman–Crippen LogP) is 8.91. The fraction of sp³-hybridized carbons (Fsp3) is 0.200. The third-order valence-electron chi connectivity index (χ3n) is 3.53. The molecule has 0 aliphatic carbocycles. The molecule has 1 spiro atoms. The predicted molar refractivity (Wildman–Crippen MR) is 123 cm³/mol. The van der Waals surface area contributed by atoms with Crippen LogP contribution in [0.15, 0.2) is 84.0 Å². The summed E-state index contributed by atoms with van der Waals surface area (Å²) in [4.78, 5) is 2.15. The van der Waals surface area contributed by atoms with Gasteiger partial charge in [-0.15, -0.1) is 0 Å². The van der Waals surface area contributed by atoms with Gasteiger partial charge < -0.3 is 4.52 Å². The molecule has 0 bridgehead atoms. The molecule has 1 atom stereocenters. The molecule has 1 unspecified atom stereocenters. The van der Waals surface area contributed by atoms with Crippen LogP contribution in [0.25, 0.3) is 0 Å². The summed E-state index contributed by atoms with van der Waals surface area (Å²) in [5, 5.41) is 3.37. The molecule has 27 heavy (non-hydrogen) atoms. The van der Waals surface area contributed by atoms with Crippen molar-refractivity contribution in [3.63, 3.8) is 0 Å². The fourth-order valence-corrected chi connectivity index (χ4v) is 25.1. The molecule has 2 aromatic rings. The first-order chi connectivity index (χ1) is 13.0. The molecular weight excluding hydrogens is 480 g/mol. The van der Waals surface area contributed by atoms with Crippen molar-refractivity contribution in [2.24, 2.45) is 13.5 Å². The highest BCUT2D eigenvalue weighted by atomic mass is 35.9. The fourth-order valence-electron chi connectivity index (χ4n) is 2.47. The van der Waals surface area contributed by atoms with Gasteiger partial charge in [-0.25, -0.2) is 5.09 Å². The van der Waals surface area contributed by atoms with Gasteiger partial charge in [0.25, 0.3) is 13.5 Å². The summed E-state index contributed by atoms with van der Waals surface area (Å²) < 4.78 is 20.6. The quantitative estimate of drug-likeness (QED) is 0.429. The van der Waals surface area contributed by atoms with Crippen LogP contribution in [0.1, 0.15) is 6.42 Å². The Morgan fingerprint density at radius 1 is 0.852 bits per heavy atom. The minimum absolute atomic E-state index is 0.605. The zero-order valence-electron chi connectivity index (χ0n) is 14.1. The third-order valence-corrected chi connectivity index (χ3v) is 20.7. The number of benzene rings is 2. The van der Waals surface area contributed by atoms with E-state index in [4.69, 9.17) is 36.0 Å². The minimum atomic E-state index is -2.90. The lowest BCUT2D eigenvalue weighted by molar-refractivity contribution is 0.310. The number of halogens is 2. The normalized spacial score (nSPS) is 25.9. The van der Waals surface area contributed by atoms with Gasteiger partial charge in [-0.3, -0.25) is 0 Å². The zero-order valence-corrected chi connectivity index (χ0v) is 19.9. The smallest absolute Gasteiger partial charge is 0.278 e. The molecule has 1 fully saturated rings. The summed E-state index contributed by atoms with van der Waals surface area (Å²) in [6, 6.07) is 20.2. The molecule has 2 aromatic carbocycles. The molecule has 0 radical (unpaired) electrons. The molecule has 1 N–H and O–H groups in total. The zero-order chi connectivity index (χ0) is 18.8. The van der Waals surface area contributed by atoms with Crippen LogP contribution in [0.5, 0.6) is 0 Å². The van der Waals surface area contributed by atoms with E-state index in [1.165, 1.54) is 0 Å². The largest absolute Gasteiger partial charge is 0.316 e. The van der Waals surface area contributed by atoms with Crippen LogP contribution in [-0.4, -0.2) is 13.2 Å². The molecule has 4 rings (SSSR count). The molecule has 0 saturated carbocycles. The van der Waals surface area contributed by atoms with Crippen LogP contribution in [0.2, 0.25) is 0 Å². The van der Waals surface area contributed by atoms with Crippen molar-refractivity contribution in [1.29, 1.82) is 0 Å². The molecule has 2 aliphatic rings. The third kappa shape index (κ3) is 5.28. The van der Waals surface area contributed by atoms with Gasteiger partial charge in [-0.2, -0.15) is 13.5 Å². The molecule has 0 aromatic heterocycles. The lowest BCUT2D eigenvalue weighted by Crippen LogP contribution is -2.20. The van der Waals surface area contributed by atoms with Gasteiger partial charge in [-0.05, 0) is 75.9 Å². The Morgan fingerprint density at radius 2 is 1.44 bits per heavy atom. The van der Waals surface area contributed by atoms with Crippen LogP contribution in [0.3, 0.4) is 0 Å². The Hall–Kier alpha value is 0.330. The summed E-state index contributed by atoms with van der Waals surface area (Å²) in [6.45, 7) is 1.40. The maximum absolute atomic E-state index is 6.60. The van der Waals surface area contributed by atoms with Crippen molar-refractivity contribution < 1.29 is 4.52 Å². The van der Waals surface area contributed by atoms with Crippen molar-refractivity contribution in [3.8, 4) is 0 Å². The summed E-state index contributed by atoms with van der Waals surface area (Å²) in [7, 11) is -2.60. The van der Waals surface area contributed by atoms with Crippen molar-refractivity contribution >= 4 is 64.3 Å². The van der Waals surface area contributed by atoms with E-state index >= 15 is 0 Å². The lowest BCUT2D eigenvalue weighted by atomic mass is 10.4. The van der Waals surface area contributed by atoms with E-state index in [9.17, 15) is 0 Å². The van der Waals surface area contributed by atoms with Crippen LogP contribution in [0, 0.1) is 0 Å². The first-order valence-electron chi connectivity index (χ1n) is 8.18. The molecule has 0 amide bonds. The van der Waals surface area contributed by atoms with Crippen molar-refractivity contribution in [1.82, 2.24) is 5.09 Å². The van der Waals surface area contributed by atoms with Gasteiger partial charge in [0.15, 0.2) is 0 Å². The maximum atomic E-state index is 6.60. The number of nitrogens with one attached hydrogen (secondary N) is 1. The Kier molecular flexibility index (Phi) is 6.56. The highest BCUT2D eigenvalue weighted by Gasteiger charge is 2.39. The molecule has 144 valence electrons. The SMILES string of the molecule is ClP1(Cl)=NP(Sc2ccccc2)(Sc2ccccc2)=NP2(=N1)NCCCO2. The summed E-state index contributed by atoms with van der Waals surface area (Å²) in [5.74, 6) is -2.90. The first-order valence-corrected chi connectivity index (χ1v) is 17.8. The highest BCUT2D eigenvalue weighted by molar-refractivity contribution is 8.91. The van der Waals surface area contributed by atoms with Crippen molar-refractivity contribution in [2.45, 2.75) is 16.2 Å². The standard InChI is InChI=1S/C15H17Cl2N4OP3S2/c16-23(17)19-24(18-12-7-13-22-24)21-25(20-23,26-14-8-3-1-4-9-14)27-15-10-5-2-6-11-15/h1-6,8-11,18H,7,12-13H2.